The van der Waals surface area contributed by atoms with Crippen LogP contribution in [0.5, 0.6) is 5.75 Å². The van der Waals surface area contributed by atoms with Gasteiger partial charge < -0.3 is 14.5 Å². The molecule has 3 aromatic rings. The van der Waals surface area contributed by atoms with Gasteiger partial charge >= 0.3 is 0 Å². The summed E-state index contributed by atoms with van der Waals surface area (Å²) >= 11 is 0. The predicted octanol–water partition coefficient (Wildman–Crippen LogP) is 4.47. The second-order valence-electron chi connectivity index (χ2n) is 7.22. The largest absolute Gasteiger partial charge is 0.497 e. The predicted molar refractivity (Wildman–Crippen MR) is 107 cm³/mol. The number of aromatic nitrogens is 1. The summed E-state index contributed by atoms with van der Waals surface area (Å²) in [4.78, 5) is 17.3. The lowest BCUT2D eigenvalue weighted by atomic mass is 10.0. The highest BCUT2D eigenvalue weighted by atomic mass is 16.5. The number of carbonyl (C=O) groups is 1. The number of oxazole rings is 1. The van der Waals surface area contributed by atoms with E-state index in [1.807, 2.05) is 61.5 Å². The van der Waals surface area contributed by atoms with Crippen molar-refractivity contribution in [2.45, 2.75) is 32.2 Å². The van der Waals surface area contributed by atoms with Crippen molar-refractivity contribution in [1.29, 1.82) is 0 Å². The van der Waals surface area contributed by atoms with Crippen LogP contribution in [0.1, 0.15) is 35.9 Å². The minimum atomic E-state index is -0.0382. The lowest BCUT2D eigenvalue weighted by Crippen LogP contribution is -2.31. The van der Waals surface area contributed by atoms with Crippen LogP contribution in [0.15, 0.2) is 59.0 Å². The SMILES string of the molecule is COc1ccc(C(NC(=O)Cc2nc(-c3ccccc3)oc2C)C2CC2)cc1. The van der Waals surface area contributed by atoms with Crippen molar-refractivity contribution in [3.63, 3.8) is 0 Å². The maximum Gasteiger partial charge on any atom is 0.226 e. The zero-order valence-electron chi connectivity index (χ0n) is 16.1. The third kappa shape index (κ3) is 4.09. The van der Waals surface area contributed by atoms with Crippen molar-refractivity contribution in [2.24, 2.45) is 5.92 Å². The molecule has 0 aliphatic heterocycles. The summed E-state index contributed by atoms with van der Waals surface area (Å²) in [6.45, 7) is 1.85. The highest BCUT2D eigenvalue weighted by Crippen LogP contribution is 2.41. The maximum absolute atomic E-state index is 12.7. The topological polar surface area (TPSA) is 64.4 Å². The Balaban J connectivity index is 1.46. The van der Waals surface area contributed by atoms with E-state index in [-0.39, 0.29) is 18.4 Å². The highest BCUT2D eigenvalue weighted by molar-refractivity contribution is 5.79. The van der Waals surface area contributed by atoms with Crippen LogP contribution in [-0.2, 0) is 11.2 Å². The van der Waals surface area contributed by atoms with Gasteiger partial charge in [-0.05, 0) is 55.5 Å². The van der Waals surface area contributed by atoms with Gasteiger partial charge in [0.25, 0.3) is 0 Å². The minimum absolute atomic E-state index is 0.0270. The number of carbonyl (C=O) groups excluding carboxylic acids is 1. The monoisotopic (exact) mass is 376 g/mol. The van der Waals surface area contributed by atoms with Gasteiger partial charge in [-0.3, -0.25) is 4.79 Å². The Hall–Kier alpha value is -3.08. The first-order chi connectivity index (χ1) is 13.6. The molecule has 0 bridgehead atoms. The van der Waals surface area contributed by atoms with Crippen LogP contribution in [0.25, 0.3) is 11.5 Å². The zero-order valence-corrected chi connectivity index (χ0v) is 16.1. The van der Waals surface area contributed by atoms with Gasteiger partial charge in [0.05, 0.1) is 25.3 Å². The summed E-state index contributed by atoms with van der Waals surface area (Å²) < 4.78 is 11.0. The highest BCUT2D eigenvalue weighted by Gasteiger charge is 2.33. The molecule has 1 heterocycles. The van der Waals surface area contributed by atoms with Crippen molar-refractivity contribution in [1.82, 2.24) is 10.3 Å². The van der Waals surface area contributed by atoms with Crippen LogP contribution in [0.3, 0.4) is 0 Å². The third-order valence-electron chi connectivity index (χ3n) is 5.13. The van der Waals surface area contributed by atoms with Gasteiger partial charge in [0.2, 0.25) is 11.8 Å². The first-order valence-electron chi connectivity index (χ1n) is 9.59. The van der Waals surface area contributed by atoms with Gasteiger partial charge in [-0.2, -0.15) is 0 Å². The summed E-state index contributed by atoms with van der Waals surface area (Å²) in [5.74, 6) is 2.51. The Morgan fingerprint density at radius 3 is 2.54 bits per heavy atom. The van der Waals surface area contributed by atoms with Crippen molar-refractivity contribution >= 4 is 5.91 Å². The van der Waals surface area contributed by atoms with Gasteiger partial charge in [0.1, 0.15) is 11.5 Å². The summed E-state index contributed by atoms with van der Waals surface area (Å²) in [5.41, 5.74) is 2.70. The molecule has 28 heavy (non-hydrogen) atoms. The van der Waals surface area contributed by atoms with Crippen LogP contribution >= 0.6 is 0 Å². The summed E-state index contributed by atoms with van der Waals surface area (Å²) in [5, 5.41) is 3.20. The molecule has 5 nitrogen and oxygen atoms in total. The summed E-state index contributed by atoms with van der Waals surface area (Å²) in [7, 11) is 1.65. The van der Waals surface area contributed by atoms with E-state index in [1.165, 1.54) is 0 Å². The van der Waals surface area contributed by atoms with Gasteiger partial charge in [-0.1, -0.05) is 30.3 Å². The van der Waals surface area contributed by atoms with E-state index in [9.17, 15) is 4.79 Å². The normalized spacial score (nSPS) is 14.5. The van der Waals surface area contributed by atoms with E-state index < -0.39 is 0 Å². The number of aryl methyl sites for hydroxylation is 1. The van der Waals surface area contributed by atoms with E-state index in [1.54, 1.807) is 7.11 Å². The third-order valence-corrected chi connectivity index (χ3v) is 5.13. The molecule has 0 saturated heterocycles. The molecular formula is C23H24N2O3. The Morgan fingerprint density at radius 2 is 1.89 bits per heavy atom. The number of benzene rings is 2. The van der Waals surface area contributed by atoms with E-state index in [0.29, 0.717) is 23.3 Å². The fraction of sp³-hybridized carbons (Fsp3) is 0.304. The number of amides is 1. The molecule has 1 unspecified atom stereocenters. The molecule has 1 fully saturated rings. The first kappa shape index (κ1) is 18.3. The molecule has 5 heteroatoms. The average Bonchev–Trinajstić information content (AvgIpc) is 3.51. The molecule has 1 amide bonds. The molecule has 1 atom stereocenters. The molecule has 144 valence electrons. The van der Waals surface area contributed by atoms with E-state index in [4.69, 9.17) is 9.15 Å². The number of hydrogen-bond acceptors (Lipinski definition) is 4. The smallest absolute Gasteiger partial charge is 0.226 e. The lowest BCUT2D eigenvalue weighted by molar-refractivity contribution is -0.121. The van der Waals surface area contributed by atoms with Crippen LogP contribution < -0.4 is 10.1 Å². The fourth-order valence-electron chi connectivity index (χ4n) is 3.39. The molecule has 4 rings (SSSR count). The van der Waals surface area contributed by atoms with Crippen molar-refractivity contribution in [2.75, 3.05) is 7.11 Å². The van der Waals surface area contributed by atoms with Gasteiger partial charge in [0, 0.05) is 5.56 Å². The molecule has 1 aliphatic carbocycles. The molecule has 2 aromatic carbocycles. The molecule has 1 aromatic heterocycles. The van der Waals surface area contributed by atoms with Crippen LogP contribution in [0.2, 0.25) is 0 Å². The van der Waals surface area contributed by atoms with E-state index in [2.05, 4.69) is 10.3 Å². The number of methoxy groups -OCH3 is 1. The van der Waals surface area contributed by atoms with Gasteiger partial charge in [-0.15, -0.1) is 0 Å². The summed E-state index contributed by atoms with van der Waals surface area (Å²) in [6.07, 6.45) is 2.48. The van der Waals surface area contributed by atoms with Crippen LogP contribution in [-0.4, -0.2) is 18.0 Å². The van der Waals surface area contributed by atoms with Gasteiger partial charge in [0.15, 0.2) is 0 Å². The quantitative estimate of drug-likeness (QED) is 0.661. The zero-order chi connectivity index (χ0) is 19.5. The number of nitrogens with one attached hydrogen (secondary N) is 1. The van der Waals surface area contributed by atoms with Crippen molar-refractivity contribution in [3.05, 3.63) is 71.6 Å². The maximum atomic E-state index is 12.7. The van der Waals surface area contributed by atoms with Crippen molar-refractivity contribution < 1.29 is 13.9 Å². The lowest BCUT2D eigenvalue weighted by Gasteiger charge is -2.19. The number of hydrogen-bond donors (Lipinski definition) is 1. The van der Waals surface area contributed by atoms with Crippen LogP contribution in [0, 0.1) is 12.8 Å². The molecule has 0 spiro atoms. The summed E-state index contributed by atoms with van der Waals surface area (Å²) in [6, 6.07) is 17.7. The molecule has 1 saturated carbocycles. The minimum Gasteiger partial charge on any atom is -0.497 e. The second kappa shape index (κ2) is 7.89. The number of rotatable bonds is 7. The van der Waals surface area contributed by atoms with Gasteiger partial charge in [-0.25, -0.2) is 4.98 Å². The first-order valence-corrected chi connectivity index (χ1v) is 9.59. The second-order valence-corrected chi connectivity index (χ2v) is 7.22. The molecular weight excluding hydrogens is 352 g/mol. The Kier molecular flexibility index (Phi) is 5.15. The molecule has 1 aliphatic rings. The van der Waals surface area contributed by atoms with Crippen molar-refractivity contribution in [3.8, 4) is 17.2 Å². The molecule has 0 radical (unpaired) electrons. The Morgan fingerprint density at radius 1 is 1.18 bits per heavy atom. The number of nitrogens with zero attached hydrogens (tertiary/aromatic N) is 1. The standard InChI is InChI=1S/C23H24N2O3/c1-15-20(24-23(28-15)18-6-4-3-5-7-18)14-21(26)25-22(16-8-9-16)17-10-12-19(27-2)13-11-17/h3-7,10-13,16,22H,8-9,14H2,1-2H3,(H,25,26). The Labute approximate surface area is 164 Å². The van der Waals surface area contributed by atoms with E-state index in [0.717, 1.165) is 29.7 Å². The average molecular weight is 376 g/mol. The number of ether oxygens (including phenoxy) is 1. The van der Waals surface area contributed by atoms with Crippen LogP contribution in [0.4, 0.5) is 0 Å². The Bertz CT molecular complexity index is 944. The molecule has 1 N–H and O–H groups in total. The van der Waals surface area contributed by atoms with E-state index >= 15 is 0 Å². The fourth-order valence-corrected chi connectivity index (χ4v) is 3.39.